The molecule has 0 amide bonds. The molecule has 0 aliphatic carbocycles. The van der Waals surface area contributed by atoms with Crippen molar-refractivity contribution in [3.05, 3.63) is 84.4 Å². The van der Waals surface area contributed by atoms with Gasteiger partial charge in [0.05, 0.1) is 19.3 Å². The van der Waals surface area contributed by atoms with Gasteiger partial charge >= 0.3 is 10.4 Å². The summed E-state index contributed by atoms with van der Waals surface area (Å²) in [6, 6.07) is 17.9. The summed E-state index contributed by atoms with van der Waals surface area (Å²) in [6.07, 6.45) is -2.93. The third-order valence-corrected chi connectivity index (χ3v) is 6.96. The van der Waals surface area contributed by atoms with Crippen LogP contribution in [0.3, 0.4) is 0 Å². The number of benzene rings is 2. The molecule has 0 aromatic heterocycles. The summed E-state index contributed by atoms with van der Waals surface area (Å²) in [5.74, 6) is 0. The van der Waals surface area contributed by atoms with Crippen LogP contribution in [-0.4, -0.2) is 62.7 Å². The van der Waals surface area contributed by atoms with Crippen LogP contribution in [0.15, 0.2) is 73.3 Å². The number of fused-ring (bicyclic) bond motifs is 1. The average molecular weight is 609 g/mol. The predicted octanol–water partition coefficient (Wildman–Crippen LogP) is 4.20. The Kier molecular flexibility index (Phi) is 10.5. The van der Waals surface area contributed by atoms with Crippen molar-refractivity contribution in [1.29, 1.82) is 0 Å². The van der Waals surface area contributed by atoms with Crippen LogP contribution in [0.5, 0.6) is 0 Å². The molecule has 2 aromatic rings. The van der Waals surface area contributed by atoms with Gasteiger partial charge < -0.3 is 24.3 Å². The van der Waals surface area contributed by atoms with Crippen molar-refractivity contribution >= 4 is 45.2 Å². The fourth-order valence-corrected chi connectivity index (χ4v) is 5.36. The van der Waals surface area contributed by atoms with Gasteiger partial charge in [0.15, 0.2) is 12.6 Å². The van der Waals surface area contributed by atoms with Gasteiger partial charge in [0.2, 0.25) is 3.79 Å². The fraction of sp³-hybridized carbons (Fsp3) is 0.440. The van der Waals surface area contributed by atoms with E-state index in [0.717, 1.165) is 11.1 Å². The second-order valence-corrected chi connectivity index (χ2v) is 12.3. The molecule has 0 spiro atoms. The summed E-state index contributed by atoms with van der Waals surface area (Å²) in [4.78, 5) is 0. The van der Waals surface area contributed by atoms with E-state index < -0.39 is 57.7 Å². The minimum absolute atomic E-state index is 0.0957. The Balaban J connectivity index is 1.63. The summed E-state index contributed by atoms with van der Waals surface area (Å²) < 4.78 is 58.4. The molecule has 2 aliphatic rings. The first kappa shape index (κ1) is 29.7. The van der Waals surface area contributed by atoms with Gasteiger partial charge in [0.25, 0.3) is 0 Å². The van der Waals surface area contributed by atoms with Crippen molar-refractivity contribution in [2.24, 2.45) is 0 Å². The Morgan fingerprint density at radius 2 is 1.74 bits per heavy atom. The monoisotopic (exact) mass is 607 g/mol. The van der Waals surface area contributed by atoms with E-state index in [-0.39, 0.29) is 13.2 Å². The van der Waals surface area contributed by atoms with Gasteiger partial charge in [-0.2, -0.15) is 8.42 Å². The number of rotatable bonds is 11. The molecule has 38 heavy (non-hydrogen) atoms. The first-order valence-corrected chi connectivity index (χ1v) is 14.2. The molecule has 6 atom stereocenters. The summed E-state index contributed by atoms with van der Waals surface area (Å²) in [5, 5.41) is 3.30. The van der Waals surface area contributed by atoms with Crippen molar-refractivity contribution in [2.45, 2.75) is 47.3 Å². The molecule has 2 heterocycles. The topological polar surface area (TPSA) is 102 Å². The maximum absolute atomic E-state index is 12.9. The third-order valence-electron chi connectivity index (χ3n) is 5.77. The smallest absolute Gasteiger partial charge is 0.347 e. The predicted molar refractivity (Wildman–Crippen MR) is 142 cm³/mol. The van der Waals surface area contributed by atoms with Gasteiger partial charge in [0, 0.05) is 12.1 Å². The maximum atomic E-state index is 12.9. The van der Waals surface area contributed by atoms with Crippen LogP contribution in [0, 0.1) is 0 Å². The standard InChI is InChI=1S/C25H28Cl3NO8S/c1-2-13-32-24-20(29-14-17-9-5-3-6-10-17)22(37-38(30,31)34-16-25(26,27)28)21-19(35-24)15-33-23(36-21)18-11-7-4-8-12-18/h2-12,19-24,29H,1,13-16H2/t19-,20-,21-,22-,23-,24+/m1/s1. The van der Waals surface area contributed by atoms with Gasteiger partial charge in [-0.25, -0.2) is 8.37 Å². The lowest BCUT2D eigenvalue weighted by atomic mass is 9.95. The largest absolute Gasteiger partial charge is 0.400 e. The number of alkyl halides is 3. The van der Waals surface area contributed by atoms with Crippen LogP contribution >= 0.6 is 34.8 Å². The molecule has 0 saturated carbocycles. The molecule has 0 unspecified atom stereocenters. The molecule has 2 fully saturated rings. The minimum atomic E-state index is -4.65. The maximum Gasteiger partial charge on any atom is 0.400 e. The molecule has 9 nitrogen and oxygen atoms in total. The van der Waals surface area contributed by atoms with Crippen LogP contribution in [0.25, 0.3) is 0 Å². The van der Waals surface area contributed by atoms with Crippen molar-refractivity contribution in [3.8, 4) is 0 Å². The Morgan fingerprint density at radius 3 is 2.39 bits per heavy atom. The molecule has 2 saturated heterocycles. The highest BCUT2D eigenvalue weighted by Crippen LogP contribution is 2.37. The summed E-state index contributed by atoms with van der Waals surface area (Å²) >= 11 is 17.1. The van der Waals surface area contributed by atoms with E-state index in [1.54, 1.807) is 6.08 Å². The molecule has 2 aliphatic heterocycles. The molecule has 2 aromatic carbocycles. The first-order valence-electron chi connectivity index (χ1n) is 11.8. The van der Waals surface area contributed by atoms with E-state index in [2.05, 4.69) is 11.9 Å². The number of nitrogens with one attached hydrogen (secondary N) is 1. The summed E-state index contributed by atoms with van der Waals surface area (Å²) in [6.45, 7) is 3.53. The van der Waals surface area contributed by atoms with Gasteiger partial charge in [-0.3, -0.25) is 0 Å². The van der Waals surface area contributed by atoms with Crippen molar-refractivity contribution in [3.63, 3.8) is 0 Å². The SMILES string of the molecule is C=CCO[C@H]1O[C@@H]2CO[C@@H](c3ccccc3)O[C@H]2[C@H](OS(=O)(=O)OCC(Cl)(Cl)Cl)[C@H]1NCc1ccccc1. The Bertz CT molecular complexity index is 1140. The first-order chi connectivity index (χ1) is 18.1. The highest BCUT2D eigenvalue weighted by atomic mass is 35.6. The van der Waals surface area contributed by atoms with Crippen LogP contribution in [0.1, 0.15) is 17.4 Å². The highest BCUT2D eigenvalue weighted by Gasteiger charge is 2.53. The van der Waals surface area contributed by atoms with Crippen LogP contribution < -0.4 is 5.32 Å². The second kappa shape index (κ2) is 13.4. The zero-order valence-electron chi connectivity index (χ0n) is 20.2. The van der Waals surface area contributed by atoms with E-state index in [1.165, 1.54) is 0 Å². The van der Waals surface area contributed by atoms with E-state index in [4.69, 9.17) is 62.1 Å². The normalized spacial score (nSPS) is 28.0. The Morgan fingerprint density at radius 1 is 1.05 bits per heavy atom. The van der Waals surface area contributed by atoms with Crippen LogP contribution in [0.2, 0.25) is 0 Å². The van der Waals surface area contributed by atoms with Crippen LogP contribution in [-0.2, 0) is 44.3 Å². The zero-order chi connectivity index (χ0) is 27.2. The van der Waals surface area contributed by atoms with E-state index in [9.17, 15) is 8.42 Å². The third kappa shape index (κ3) is 8.36. The lowest BCUT2D eigenvalue weighted by molar-refractivity contribution is -0.340. The molecular formula is C25H28Cl3NO8S. The van der Waals surface area contributed by atoms with Gasteiger partial charge in [-0.1, -0.05) is 102 Å². The van der Waals surface area contributed by atoms with Crippen molar-refractivity contribution in [1.82, 2.24) is 5.32 Å². The van der Waals surface area contributed by atoms with Gasteiger partial charge in [0.1, 0.15) is 24.9 Å². The summed E-state index contributed by atoms with van der Waals surface area (Å²) in [5.41, 5.74) is 1.69. The number of halogens is 3. The van der Waals surface area contributed by atoms with E-state index >= 15 is 0 Å². The molecule has 208 valence electrons. The lowest BCUT2D eigenvalue weighted by Gasteiger charge is -2.48. The molecule has 0 bridgehead atoms. The minimum Gasteiger partial charge on any atom is -0.347 e. The fourth-order valence-electron chi connectivity index (χ4n) is 4.12. The Labute approximate surface area is 237 Å². The van der Waals surface area contributed by atoms with E-state index in [1.807, 2.05) is 60.7 Å². The summed E-state index contributed by atoms with van der Waals surface area (Å²) in [7, 11) is -4.65. The zero-order valence-corrected chi connectivity index (χ0v) is 23.2. The van der Waals surface area contributed by atoms with Crippen molar-refractivity contribution in [2.75, 3.05) is 19.8 Å². The molecule has 1 N–H and O–H groups in total. The Hall–Kier alpha value is -1.28. The van der Waals surface area contributed by atoms with Gasteiger partial charge in [-0.05, 0) is 5.56 Å². The lowest BCUT2D eigenvalue weighted by Crippen LogP contribution is -2.67. The number of hydrogen-bond acceptors (Lipinski definition) is 9. The second-order valence-electron chi connectivity index (χ2n) is 8.58. The van der Waals surface area contributed by atoms with Crippen molar-refractivity contribution < 1.29 is 35.7 Å². The molecule has 4 rings (SSSR count). The molecular weight excluding hydrogens is 581 g/mol. The number of hydrogen-bond donors (Lipinski definition) is 1. The quantitative estimate of drug-likeness (QED) is 0.297. The van der Waals surface area contributed by atoms with E-state index in [0.29, 0.717) is 6.54 Å². The van der Waals surface area contributed by atoms with Crippen LogP contribution in [0.4, 0.5) is 0 Å². The van der Waals surface area contributed by atoms with Gasteiger partial charge in [-0.15, -0.1) is 6.58 Å². The highest BCUT2D eigenvalue weighted by molar-refractivity contribution is 7.81. The molecule has 0 radical (unpaired) electrons. The number of ether oxygens (including phenoxy) is 4. The average Bonchev–Trinajstić information content (AvgIpc) is 2.90. The molecule has 13 heteroatoms.